The van der Waals surface area contributed by atoms with Crippen LogP contribution in [0.25, 0.3) is 0 Å². The van der Waals surface area contributed by atoms with Crippen LogP contribution in [0, 0.1) is 23.7 Å². The predicted molar refractivity (Wildman–Crippen MR) is 88.8 cm³/mol. The Morgan fingerprint density at radius 3 is 2.91 bits per heavy atom. The zero-order chi connectivity index (χ0) is 14.9. The molecule has 3 aliphatic carbocycles. The number of aromatic nitrogens is 1. The normalized spacial score (nSPS) is 35.9. The van der Waals surface area contributed by atoms with Gasteiger partial charge in [-0.05, 0) is 74.8 Å². The summed E-state index contributed by atoms with van der Waals surface area (Å²) >= 11 is 0. The summed E-state index contributed by atoms with van der Waals surface area (Å²) in [5.74, 6) is 4.17. The molecule has 1 aromatic rings. The molecule has 3 nitrogen and oxygen atoms in total. The molecule has 22 heavy (non-hydrogen) atoms. The van der Waals surface area contributed by atoms with Crippen LogP contribution < -0.4 is 10.9 Å². The van der Waals surface area contributed by atoms with Gasteiger partial charge in [-0.1, -0.05) is 12.5 Å². The van der Waals surface area contributed by atoms with E-state index in [1.54, 1.807) is 6.07 Å². The maximum absolute atomic E-state index is 11.6. The van der Waals surface area contributed by atoms with Gasteiger partial charge in [0.15, 0.2) is 0 Å². The third kappa shape index (κ3) is 2.64. The molecule has 3 aliphatic rings. The summed E-state index contributed by atoms with van der Waals surface area (Å²) in [5.41, 5.74) is 0.121. The summed E-state index contributed by atoms with van der Waals surface area (Å²) in [6.45, 7) is 1.97. The molecule has 120 valence electrons. The van der Waals surface area contributed by atoms with Gasteiger partial charge in [-0.15, -0.1) is 0 Å². The topological polar surface area (TPSA) is 34.0 Å². The maximum atomic E-state index is 11.6. The van der Waals surface area contributed by atoms with E-state index in [0.717, 1.165) is 49.2 Å². The Bertz CT molecular complexity index is 567. The molecule has 0 aromatic carbocycles. The Hall–Kier alpha value is -1.09. The Morgan fingerprint density at radius 2 is 2.00 bits per heavy atom. The summed E-state index contributed by atoms with van der Waals surface area (Å²) in [6, 6.07) is 6.19. The molecule has 1 heterocycles. The van der Waals surface area contributed by atoms with E-state index in [0.29, 0.717) is 0 Å². The van der Waals surface area contributed by atoms with Crippen molar-refractivity contribution in [2.45, 2.75) is 57.5 Å². The van der Waals surface area contributed by atoms with Crippen LogP contribution >= 0.6 is 0 Å². The van der Waals surface area contributed by atoms with E-state index in [2.05, 4.69) is 5.32 Å². The van der Waals surface area contributed by atoms with Crippen LogP contribution in [0.15, 0.2) is 29.2 Å². The second-order valence-corrected chi connectivity index (χ2v) is 7.65. The van der Waals surface area contributed by atoms with E-state index in [1.807, 2.05) is 22.9 Å². The molecule has 0 amide bonds. The fraction of sp³-hybridized carbons (Fsp3) is 0.737. The second kappa shape index (κ2) is 6.19. The first-order valence-electron chi connectivity index (χ1n) is 9.22. The van der Waals surface area contributed by atoms with Crippen LogP contribution in [0.5, 0.6) is 0 Å². The van der Waals surface area contributed by atoms with Gasteiger partial charge < -0.3 is 9.88 Å². The quantitative estimate of drug-likeness (QED) is 0.819. The number of hydrogen-bond donors (Lipinski definition) is 1. The van der Waals surface area contributed by atoms with Crippen LogP contribution in [0.4, 0.5) is 0 Å². The summed E-state index contributed by atoms with van der Waals surface area (Å²) in [6.07, 6.45) is 11.6. The van der Waals surface area contributed by atoms with Gasteiger partial charge in [-0.3, -0.25) is 4.79 Å². The summed E-state index contributed by atoms with van der Waals surface area (Å²) in [4.78, 5) is 11.6. The van der Waals surface area contributed by atoms with E-state index in [4.69, 9.17) is 0 Å². The molecule has 2 bridgehead atoms. The standard InChI is InChI=1S/C19H28N2O/c22-19-8-1-3-10-21(19)11-4-2-9-20-18-13-14-12-17(18)16-7-5-6-15(14)16/h1,3,8,10,14-18,20H,2,4-7,9,11-13H2/t14-,15-,16+,17+,18-/m1/s1. The number of rotatable bonds is 6. The first kappa shape index (κ1) is 14.5. The molecular formula is C19H28N2O. The minimum Gasteiger partial charge on any atom is -0.316 e. The van der Waals surface area contributed by atoms with Gasteiger partial charge in [-0.25, -0.2) is 0 Å². The number of hydrogen-bond acceptors (Lipinski definition) is 2. The van der Waals surface area contributed by atoms with Crippen LogP contribution in [0.2, 0.25) is 0 Å². The minimum absolute atomic E-state index is 0.121. The predicted octanol–water partition coefficient (Wildman–Crippen LogP) is 3.04. The third-order valence-electron chi connectivity index (χ3n) is 6.56. The van der Waals surface area contributed by atoms with E-state index < -0.39 is 0 Å². The van der Waals surface area contributed by atoms with Crippen molar-refractivity contribution in [2.24, 2.45) is 23.7 Å². The Labute approximate surface area is 133 Å². The van der Waals surface area contributed by atoms with Gasteiger partial charge in [0.1, 0.15) is 0 Å². The van der Waals surface area contributed by atoms with E-state index >= 15 is 0 Å². The molecule has 3 saturated carbocycles. The van der Waals surface area contributed by atoms with Crippen molar-refractivity contribution in [1.29, 1.82) is 0 Å². The van der Waals surface area contributed by atoms with Gasteiger partial charge in [0.05, 0.1) is 0 Å². The molecule has 0 spiro atoms. The van der Waals surface area contributed by atoms with Crippen molar-refractivity contribution < 1.29 is 0 Å². The van der Waals surface area contributed by atoms with Crippen molar-refractivity contribution in [3.05, 3.63) is 34.7 Å². The third-order valence-corrected chi connectivity index (χ3v) is 6.56. The van der Waals surface area contributed by atoms with Crippen LogP contribution in [0.1, 0.15) is 44.9 Å². The fourth-order valence-electron chi connectivity index (χ4n) is 5.64. The Kier molecular flexibility index (Phi) is 4.08. The molecule has 0 radical (unpaired) electrons. The molecule has 0 unspecified atom stereocenters. The largest absolute Gasteiger partial charge is 0.316 e. The SMILES string of the molecule is O=c1ccccn1CCCCN[C@@H]1C[C@H]2C[C@H]1[C@H]1CCC[C@H]21. The van der Waals surface area contributed by atoms with Crippen molar-refractivity contribution >= 4 is 0 Å². The number of fused-ring (bicyclic) bond motifs is 5. The number of nitrogens with zero attached hydrogens (tertiary/aromatic N) is 1. The average Bonchev–Trinajstić information content (AvgIpc) is 3.21. The molecule has 0 saturated heterocycles. The zero-order valence-corrected chi connectivity index (χ0v) is 13.4. The number of aryl methyl sites for hydroxylation is 1. The van der Waals surface area contributed by atoms with Crippen LogP contribution in [0.3, 0.4) is 0 Å². The first-order chi connectivity index (χ1) is 10.8. The average molecular weight is 300 g/mol. The van der Waals surface area contributed by atoms with Crippen molar-refractivity contribution in [2.75, 3.05) is 6.54 Å². The molecule has 0 aliphatic heterocycles. The smallest absolute Gasteiger partial charge is 0.250 e. The Balaban J connectivity index is 1.19. The van der Waals surface area contributed by atoms with Crippen molar-refractivity contribution in [3.63, 3.8) is 0 Å². The Morgan fingerprint density at radius 1 is 1.09 bits per heavy atom. The summed E-state index contributed by atoms with van der Waals surface area (Å²) in [7, 11) is 0. The lowest BCUT2D eigenvalue weighted by molar-refractivity contribution is 0.208. The summed E-state index contributed by atoms with van der Waals surface area (Å²) < 4.78 is 1.82. The van der Waals surface area contributed by atoms with Crippen LogP contribution in [-0.2, 0) is 6.54 Å². The fourth-order valence-corrected chi connectivity index (χ4v) is 5.64. The van der Waals surface area contributed by atoms with Crippen molar-refractivity contribution in [1.82, 2.24) is 9.88 Å². The van der Waals surface area contributed by atoms with E-state index in [9.17, 15) is 4.79 Å². The number of nitrogens with one attached hydrogen (secondary N) is 1. The van der Waals surface area contributed by atoms with E-state index in [1.165, 1.54) is 38.5 Å². The van der Waals surface area contributed by atoms with Gasteiger partial charge in [0, 0.05) is 24.8 Å². The maximum Gasteiger partial charge on any atom is 0.250 e. The number of pyridine rings is 1. The first-order valence-corrected chi connectivity index (χ1v) is 9.22. The second-order valence-electron chi connectivity index (χ2n) is 7.65. The van der Waals surface area contributed by atoms with E-state index in [-0.39, 0.29) is 5.56 Å². The number of unbranched alkanes of at least 4 members (excludes halogenated alkanes) is 1. The highest BCUT2D eigenvalue weighted by Gasteiger charge is 2.53. The zero-order valence-electron chi connectivity index (χ0n) is 13.4. The molecule has 1 aromatic heterocycles. The lowest BCUT2D eigenvalue weighted by atomic mass is 9.79. The molecular weight excluding hydrogens is 272 g/mol. The van der Waals surface area contributed by atoms with Gasteiger partial charge in [-0.2, -0.15) is 0 Å². The molecule has 5 atom stereocenters. The molecule has 4 rings (SSSR count). The lowest BCUT2D eigenvalue weighted by Crippen LogP contribution is -2.39. The molecule has 1 N–H and O–H groups in total. The highest BCUT2D eigenvalue weighted by Crippen LogP contribution is 2.58. The highest BCUT2D eigenvalue weighted by atomic mass is 16.1. The lowest BCUT2D eigenvalue weighted by Gasteiger charge is -2.32. The monoisotopic (exact) mass is 300 g/mol. The minimum atomic E-state index is 0.121. The van der Waals surface area contributed by atoms with Gasteiger partial charge in [0.25, 0.3) is 0 Å². The molecule has 3 fully saturated rings. The van der Waals surface area contributed by atoms with Crippen molar-refractivity contribution in [3.8, 4) is 0 Å². The van der Waals surface area contributed by atoms with Crippen LogP contribution in [-0.4, -0.2) is 17.2 Å². The van der Waals surface area contributed by atoms with Gasteiger partial charge >= 0.3 is 0 Å². The summed E-state index contributed by atoms with van der Waals surface area (Å²) in [5, 5.41) is 3.84. The molecule has 3 heteroatoms. The van der Waals surface area contributed by atoms with Gasteiger partial charge in [0.2, 0.25) is 5.56 Å². The highest BCUT2D eigenvalue weighted by molar-refractivity contribution is 5.05.